The lowest BCUT2D eigenvalue weighted by molar-refractivity contribution is -0.0182. The van der Waals surface area contributed by atoms with Crippen LogP contribution in [-0.2, 0) is 0 Å². The van der Waals surface area contributed by atoms with Gasteiger partial charge in [0, 0.05) is 18.5 Å². The van der Waals surface area contributed by atoms with E-state index >= 15 is 0 Å². The summed E-state index contributed by atoms with van der Waals surface area (Å²) in [5.74, 6) is 0. The van der Waals surface area contributed by atoms with Gasteiger partial charge in [-0.3, -0.25) is 0 Å². The van der Waals surface area contributed by atoms with Crippen LogP contribution in [-0.4, -0.2) is 40.4 Å². The Bertz CT molecular complexity index is 191. The molecule has 0 aliphatic carbocycles. The lowest BCUT2D eigenvalue weighted by Crippen LogP contribution is -2.50. The Morgan fingerprint density at radius 1 is 1.58 bits per heavy atom. The minimum atomic E-state index is -0.894. The van der Waals surface area contributed by atoms with Crippen LogP contribution >= 0.6 is 0 Å². The van der Waals surface area contributed by atoms with Crippen molar-refractivity contribution in [2.75, 3.05) is 13.1 Å². The van der Waals surface area contributed by atoms with E-state index < -0.39 is 6.09 Å². The van der Waals surface area contributed by atoms with Gasteiger partial charge in [-0.15, -0.1) is 0 Å². The second-order valence-corrected chi connectivity index (χ2v) is 4.00. The highest BCUT2D eigenvalue weighted by Crippen LogP contribution is 2.28. The first kappa shape index (κ1) is 9.32. The fourth-order valence-corrected chi connectivity index (χ4v) is 1.51. The average molecular weight is 173 g/mol. The van der Waals surface area contributed by atoms with Gasteiger partial charge >= 0.3 is 6.09 Å². The smallest absolute Gasteiger partial charge is 0.407 e. The van der Waals surface area contributed by atoms with Gasteiger partial charge in [0.25, 0.3) is 0 Å². The molecule has 0 aromatic heterocycles. The molecule has 1 rings (SSSR count). The topological polar surface area (TPSA) is 60.8 Å². The zero-order valence-electron chi connectivity index (χ0n) is 7.45. The van der Waals surface area contributed by atoms with Gasteiger partial charge in [-0.1, -0.05) is 13.8 Å². The summed E-state index contributed by atoms with van der Waals surface area (Å²) in [7, 11) is 0. The number of hydrogen-bond donors (Lipinski definition) is 2. The number of amides is 1. The van der Waals surface area contributed by atoms with E-state index in [1.54, 1.807) is 0 Å². The molecule has 1 fully saturated rings. The number of carboxylic acid groups (broad SMARTS) is 1. The molecule has 1 aliphatic rings. The first-order valence-corrected chi connectivity index (χ1v) is 4.09. The van der Waals surface area contributed by atoms with Crippen molar-refractivity contribution in [2.45, 2.75) is 26.4 Å². The fraction of sp³-hybridized carbons (Fsp3) is 0.875. The van der Waals surface area contributed by atoms with Gasteiger partial charge < -0.3 is 15.1 Å². The molecule has 12 heavy (non-hydrogen) atoms. The molecule has 4 heteroatoms. The van der Waals surface area contributed by atoms with Gasteiger partial charge in [0.15, 0.2) is 0 Å². The van der Waals surface area contributed by atoms with E-state index in [2.05, 4.69) is 0 Å². The summed E-state index contributed by atoms with van der Waals surface area (Å²) >= 11 is 0. The summed E-state index contributed by atoms with van der Waals surface area (Å²) in [4.78, 5) is 11.9. The van der Waals surface area contributed by atoms with Crippen LogP contribution in [0.5, 0.6) is 0 Å². The summed E-state index contributed by atoms with van der Waals surface area (Å²) < 4.78 is 0. The lowest BCUT2D eigenvalue weighted by Gasteiger charge is -2.40. The normalized spacial score (nSPS) is 28.6. The molecule has 0 aromatic rings. The maximum atomic E-state index is 10.6. The number of rotatable bonds is 0. The van der Waals surface area contributed by atoms with Gasteiger partial charge in [0.1, 0.15) is 0 Å². The number of hydrogen-bond acceptors (Lipinski definition) is 2. The maximum Gasteiger partial charge on any atom is 0.407 e. The van der Waals surface area contributed by atoms with Crippen LogP contribution in [0.1, 0.15) is 20.3 Å². The molecular formula is C8H15NO3. The molecule has 0 radical (unpaired) electrons. The number of nitrogens with zero attached hydrogens (tertiary/aromatic N) is 1. The van der Waals surface area contributed by atoms with E-state index in [-0.39, 0.29) is 11.5 Å². The van der Waals surface area contributed by atoms with E-state index in [0.29, 0.717) is 19.5 Å². The highest BCUT2D eigenvalue weighted by molar-refractivity contribution is 5.65. The standard InChI is InChI=1S/C8H15NO3/c1-8(2)5-9(7(11)12)4-3-6(8)10/h6,10H,3-5H2,1-2H3,(H,11,12)/t6-/m0/s1. The van der Waals surface area contributed by atoms with E-state index in [9.17, 15) is 9.90 Å². The van der Waals surface area contributed by atoms with Crippen LogP contribution in [0.4, 0.5) is 4.79 Å². The molecule has 1 aliphatic heterocycles. The van der Waals surface area contributed by atoms with Crippen LogP contribution in [0.25, 0.3) is 0 Å². The predicted octanol–water partition coefficient (Wildman–Crippen LogP) is 0.757. The van der Waals surface area contributed by atoms with Crippen molar-refractivity contribution in [1.82, 2.24) is 4.90 Å². The molecular weight excluding hydrogens is 158 g/mol. The quantitative estimate of drug-likeness (QED) is 0.568. The predicted molar refractivity (Wildman–Crippen MR) is 44.0 cm³/mol. The Labute approximate surface area is 71.8 Å². The molecule has 0 unspecified atom stereocenters. The molecule has 1 amide bonds. The lowest BCUT2D eigenvalue weighted by atomic mass is 9.81. The summed E-state index contributed by atoms with van der Waals surface area (Å²) in [6.07, 6.45) is -0.734. The van der Waals surface area contributed by atoms with Crippen LogP contribution in [0.15, 0.2) is 0 Å². The Morgan fingerprint density at radius 2 is 2.17 bits per heavy atom. The van der Waals surface area contributed by atoms with Gasteiger partial charge in [-0.05, 0) is 6.42 Å². The molecule has 0 bridgehead atoms. The summed E-state index contributed by atoms with van der Waals surface area (Å²) in [6, 6.07) is 0. The molecule has 1 saturated heterocycles. The van der Waals surface area contributed by atoms with Crippen LogP contribution < -0.4 is 0 Å². The monoisotopic (exact) mass is 173 g/mol. The average Bonchev–Trinajstić information content (AvgIpc) is 1.94. The third kappa shape index (κ3) is 1.69. The highest BCUT2D eigenvalue weighted by Gasteiger charge is 2.36. The van der Waals surface area contributed by atoms with Gasteiger partial charge in [0.05, 0.1) is 6.10 Å². The third-order valence-electron chi connectivity index (χ3n) is 2.44. The molecule has 2 N–H and O–H groups in total. The molecule has 1 heterocycles. The molecule has 1 atom stereocenters. The molecule has 0 saturated carbocycles. The highest BCUT2D eigenvalue weighted by atomic mass is 16.4. The summed E-state index contributed by atoms with van der Waals surface area (Å²) in [5.41, 5.74) is -0.309. The number of carbonyl (C=O) groups is 1. The van der Waals surface area contributed by atoms with Gasteiger partial charge in [-0.2, -0.15) is 0 Å². The van der Waals surface area contributed by atoms with Crippen molar-refractivity contribution in [1.29, 1.82) is 0 Å². The third-order valence-corrected chi connectivity index (χ3v) is 2.44. The zero-order valence-corrected chi connectivity index (χ0v) is 7.45. The Hall–Kier alpha value is -0.770. The number of aliphatic hydroxyl groups excluding tert-OH is 1. The van der Waals surface area contributed by atoms with E-state index in [1.165, 1.54) is 4.90 Å². The van der Waals surface area contributed by atoms with Crippen molar-refractivity contribution < 1.29 is 15.0 Å². The molecule has 70 valence electrons. The first-order chi connectivity index (χ1) is 5.43. The molecule has 0 spiro atoms. The van der Waals surface area contributed by atoms with Crippen molar-refractivity contribution in [2.24, 2.45) is 5.41 Å². The molecule has 4 nitrogen and oxygen atoms in total. The van der Waals surface area contributed by atoms with E-state index in [4.69, 9.17) is 5.11 Å². The SMILES string of the molecule is CC1(C)CN(C(=O)O)CC[C@@H]1O. The van der Waals surface area contributed by atoms with Crippen molar-refractivity contribution in [3.8, 4) is 0 Å². The second-order valence-electron chi connectivity index (χ2n) is 4.00. The van der Waals surface area contributed by atoms with Crippen LogP contribution in [0.2, 0.25) is 0 Å². The Morgan fingerprint density at radius 3 is 2.58 bits per heavy atom. The maximum absolute atomic E-state index is 10.6. The van der Waals surface area contributed by atoms with Crippen molar-refractivity contribution in [3.05, 3.63) is 0 Å². The second kappa shape index (κ2) is 2.94. The van der Waals surface area contributed by atoms with Crippen LogP contribution in [0, 0.1) is 5.41 Å². The van der Waals surface area contributed by atoms with Crippen molar-refractivity contribution >= 4 is 6.09 Å². The largest absolute Gasteiger partial charge is 0.465 e. The Kier molecular flexibility index (Phi) is 2.28. The molecule has 0 aromatic carbocycles. The first-order valence-electron chi connectivity index (χ1n) is 4.09. The minimum absolute atomic E-state index is 0.309. The Balaban J connectivity index is 2.63. The summed E-state index contributed by atoms with van der Waals surface area (Å²) in [6.45, 7) is 4.63. The summed E-state index contributed by atoms with van der Waals surface area (Å²) in [5, 5.41) is 18.2. The minimum Gasteiger partial charge on any atom is -0.465 e. The number of likely N-dealkylation sites (tertiary alicyclic amines) is 1. The van der Waals surface area contributed by atoms with Gasteiger partial charge in [-0.25, -0.2) is 4.79 Å². The van der Waals surface area contributed by atoms with E-state index in [1.807, 2.05) is 13.8 Å². The van der Waals surface area contributed by atoms with Crippen molar-refractivity contribution in [3.63, 3.8) is 0 Å². The van der Waals surface area contributed by atoms with Crippen LogP contribution in [0.3, 0.4) is 0 Å². The number of piperidine rings is 1. The van der Waals surface area contributed by atoms with Gasteiger partial charge in [0.2, 0.25) is 0 Å². The number of aliphatic hydroxyl groups is 1. The fourth-order valence-electron chi connectivity index (χ4n) is 1.51. The zero-order chi connectivity index (χ0) is 9.35. The van der Waals surface area contributed by atoms with E-state index in [0.717, 1.165) is 0 Å².